The van der Waals surface area contributed by atoms with Crippen LogP contribution in [0.1, 0.15) is 40.7 Å². The molecule has 1 aromatic heterocycles. The van der Waals surface area contributed by atoms with Gasteiger partial charge in [-0.15, -0.1) is 0 Å². The van der Waals surface area contributed by atoms with E-state index in [9.17, 15) is 14.7 Å². The van der Waals surface area contributed by atoms with Gasteiger partial charge in [-0.2, -0.15) is 0 Å². The number of carbonyl (C=O) groups excluding carboxylic acids is 2. The van der Waals surface area contributed by atoms with Crippen LogP contribution in [0.4, 0.5) is 0 Å². The molecular weight excluding hydrogens is 386 g/mol. The summed E-state index contributed by atoms with van der Waals surface area (Å²) < 4.78 is 16.3. The zero-order valence-corrected chi connectivity index (χ0v) is 17.9. The molecule has 0 saturated carbocycles. The van der Waals surface area contributed by atoms with Gasteiger partial charge >= 0.3 is 0 Å². The van der Waals surface area contributed by atoms with E-state index in [2.05, 4.69) is 0 Å². The number of ketones is 1. The first kappa shape index (κ1) is 21.6. The number of nitrogens with zero attached hydrogens (tertiary/aromatic N) is 1. The number of Topliss-reactive ketones (excluding diaryl/α,β-unsaturated/α-hetero) is 1. The average Bonchev–Trinajstić information content (AvgIpc) is 3.23. The van der Waals surface area contributed by atoms with Crippen molar-refractivity contribution >= 4 is 17.4 Å². The molecule has 0 spiro atoms. The van der Waals surface area contributed by atoms with Crippen LogP contribution in [0, 0.1) is 20.8 Å². The Morgan fingerprint density at radius 1 is 1.17 bits per heavy atom. The predicted molar refractivity (Wildman–Crippen MR) is 111 cm³/mol. The molecule has 1 aliphatic heterocycles. The Morgan fingerprint density at radius 3 is 2.50 bits per heavy atom. The Kier molecular flexibility index (Phi) is 6.31. The van der Waals surface area contributed by atoms with Gasteiger partial charge in [0.1, 0.15) is 29.1 Å². The molecule has 2 aromatic rings. The second-order valence-corrected chi connectivity index (χ2v) is 7.45. The molecule has 7 nitrogen and oxygen atoms in total. The molecule has 1 aromatic carbocycles. The van der Waals surface area contributed by atoms with Crippen LogP contribution in [-0.4, -0.2) is 49.1 Å². The standard InChI is InChI=1S/C23H27NO6/c1-13-11-14(2)22(29-5)16(12-13)20(25)18-19(17-8-7-15(3)30-17)24(9-6-10-28-4)23(27)21(18)26/h7-8,11-12,19,25H,6,9-10H2,1-5H3/b20-18+. The minimum atomic E-state index is -0.818. The van der Waals surface area contributed by atoms with E-state index in [-0.39, 0.29) is 11.3 Å². The molecule has 0 radical (unpaired) electrons. The SMILES string of the molecule is COCCCN1C(=O)C(=O)/C(=C(/O)c2cc(C)cc(C)c2OC)C1c1ccc(C)o1. The topological polar surface area (TPSA) is 89.2 Å². The first-order valence-corrected chi connectivity index (χ1v) is 9.79. The van der Waals surface area contributed by atoms with Gasteiger partial charge in [0.2, 0.25) is 0 Å². The number of furan rings is 1. The van der Waals surface area contributed by atoms with Crippen molar-refractivity contribution in [3.63, 3.8) is 0 Å². The molecule has 1 N–H and O–H groups in total. The van der Waals surface area contributed by atoms with E-state index in [1.165, 1.54) is 12.0 Å². The molecule has 7 heteroatoms. The third kappa shape index (κ3) is 3.85. The molecule has 2 heterocycles. The Balaban J connectivity index is 2.20. The van der Waals surface area contributed by atoms with Crippen LogP contribution >= 0.6 is 0 Å². The Hall–Kier alpha value is -3.06. The van der Waals surface area contributed by atoms with Crippen LogP contribution < -0.4 is 4.74 Å². The molecule has 3 rings (SSSR count). The van der Waals surface area contributed by atoms with Gasteiger partial charge in [-0.25, -0.2) is 0 Å². The van der Waals surface area contributed by atoms with Crippen molar-refractivity contribution in [3.05, 3.63) is 58.0 Å². The second-order valence-electron chi connectivity index (χ2n) is 7.45. The lowest BCUT2D eigenvalue weighted by molar-refractivity contribution is -0.140. The molecule has 1 unspecified atom stereocenters. The van der Waals surface area contributed by atoms with Crippen LogP contribution in [0.5, 0.6) is 5.75 Å². The Morgan fingerprint density at radius 2 is 1.90 bits per heavy atom. The van der Waals surface area contributed by atoms with Crippen molar-refractivity contribution in [2.75, 3.05) is 27.4 Å². The maximum Gasteiger partial charge on any atom is 0.295 e. The highest BCUT2D eigenvalue weighted by Crippen LogP contribution is 2.42. The van der Waals surface area contributed by atoms with Gasteiger partial charge < -0.3 is 23.9 Å². The molecular formula is C23H27NO6. The molecule has 30 heavy (non-hydrogen) atoms. The van der Waals surface area contributed by atoms with E-state index in [1.54, 1.807) is 32.2 Å². The molecule has 1 amide bonds. The van der Waals surface area contributed by atoms with Gasteiger partial charge in [0.15, 0.2) is 0 Å². The van der Waals surface area contributed by atoms with Gasteiger partial charge in [-0.3, -0.25) is 9.59 Å². The summed E-state index contributed by atoms with van der Waals surface area (Å²) in [5.41, 5.74) is 2.08. The van der Waals surface area contributed by atoms with Gasteiger partial charge in [-0.1, -0.05) is 6.07 Å². The van der Waals surface area contributed by atoms with E-state index in [0.717, 1.165) is 11.1 Å². The highest BCUT2D eigenvalue weighted by atomic mass is 16.5. The summed E-state index contributed by atoms with van der Waals surface area (Å²) in [5.74, 6) is -0.158. The number of hydrogen-bond acceptors (Lipinski definition) is 6. The minimum absolute atomic E-state index is 0.00457. The number of aliphatic hydroxyl groups is 1. The number of amides is 1. The monoisotopic (exact) mass is 413 g/mol. The van der Waals surface area contributed by atoms with Crippen LogP contribution in [-0.2, 0) is 14.3 Å². The van der Waals surface area contributed by atoms with Crippen molar-refractivity contribution in [1.82, 2.24) is 4.90 Å². The number of carbonyl (C=O) groups is 2. The number of methoxy groups -OCH3 is 2. The van der Waals surface area contributed by atoms with Crippen molar-refractivity contribution in [3.8, 4) is 5.75 Å². The fourth-order valence-electron chi connectivity index (χ4n) is 3.93. The van der Waals surface area contributed by atoms with E-state index < -0.39 is 17.7 Å². The summed E-state index contributed by atoms with van der Waals surface area (Å²) in [7, 11) is 3.08. The lowest BCUT2D eigenvalue weighted by Crippen LogP contribution is -2.31. The zero-order chi connectivity index (χ0) is 22.0. The number of likely N-dealkylation sites (tertiary alicyclic amines) is 1. The Bertz CT molecular complexity index is 1000. The molecule has 1 fully saturated rings. The summed E-state index contributed by atoms with van der Waals surface area (Å²) in [4.78, 5) is 27.3. The van der Waals surface area contributed by atoms with Crippen molar-refractivity contribution in [2.24, 2.45) is 0 Å². The largest absolute Gasteiger partial charge is 0.507 e. The quantitative estimate of drug-likeness (QED) is 0.322. The molecule has 1 atom stereocenters. The summed E-state index contributed by atoms with van der Waals surface area (Å²) >= 11 is 0. The zero-order valence-electron chi connectivity index (χ0n) is 17.9. The molecule has 1 saturated heterocycles. The third-order valence-corrected chi connectivity index (χ3v) is 5.20. The highest BCUT2D eigenvalue weighted by Gasteiger charge is 2.47. The molecule has 160 valence electrons. The van der Waals surface area contributed by atoms with E-state index in [0.29, 0.717) is 42.4 Å². The predicted octanol–water partition coefficient (Wildman–Crippen LogP) is 3.67. The lowest BCUT2D eigenvalue weighted by atomic mass is 9.96. The van der Waals surface area contributed by atoms with Gasteiger partial charge in [0.25, 0.3) is 11.7 Å². The number of ether oxygens (including phenoxy) is 2. The van der Waals surface area contributed by atoms with Gasteiger partial charge in [0.05, 0.1) is 18.2 Å². The summed E-state index contributed by atoms with van der Waals surface area (Å²) in [5, 5.41) is 11.2. The van der Waals surface area contributed by atoms with Gasteiger partial charge in [0, 0.05) is 20.3 Å². The van der Waals surface area contributed by atoms with Crippen LogP contribution in [0.25, 0.3) is 5.76 Å². The summed E-state index contributed by atoms with van der Waals surface area (Å²) in [6.07, 6.45) is 0.548. The normalized spacial score (nSPS) is 18.3. The lowest BCUT2D eigenvalue weighted by Gasteiger charge is -2.23. The number of aliphatic hydroxyl groups excluding tert-OH is 1. The number of rotatable bonds is 7. The van der Waals surface area contributed by atoms with Crippen molar-refractivity contribution in [1.29, 1.82) is 0 Å². The maximum absolute atomic E-state index is 13.0. The fraction of sp³-hybridized carbons (Fsp3) is 0.391. The number of hydrogen-bond donors (Lipinski definition) is 1. The van der Waals surface area contributed by atoms with Crippen molar-refractivity contribution in [2.45, 2.75) is 33.2 Å². The third-order valence-electron chi connectivity index (χ3n) is 5.20. The fourth-order valence-corrected chi connectivity index (χ4v) is 3.93. The smallest absolute Gasteiger partial charge is 0.295 e. The minimum Gasteiger partial charge on any atom is -0.507 e. The molecule has 0 bridgehead atoms. The van der Waals surface area contributed by atoms with Crippen molar-refractivity contribution < 1.29 is 28.6 Å². The molecule has 0 aliphatic carbocycles. The van der Waals surface area contributed by atoms with E-state index in [4.69, 9.17) is 13.9 Å². The van der Waals surface area contributed by atoms with Crippen LogP contribution in [0.2, 0.25) is 0 Å². The first-order valence-electron chi connectivity index (χ1n) is 9.79. The molecule has 1 aliphatic rings. The van der Waals surface area contributed by atoms with Gasteiger partial charge in [-0.05, 0) is 56.5 Å². The van der Waals surface area contributed by atoms with E-state index in [1.807, 2.05) is 19.9 Å². The highest BCUT2D eigenvalue weighted by molar-refractivity contribution is 6.46. The summed E-state index contributed by atoms with van der Waals surface area (Å²) in [6.45, 7) is 6.27. The summed E-state index contributed by atoms with van der Waals surface area (Å²) in [6, 6.07) is 6.33. The van der Waals surface area contributed by atoms with Crippen LogP contribution in [0.3, 0.4) is 0 Å². The van der Waals surface area contributed by atoms with Crippen LogP contribution in [0.15, 0.2) is 34.3 Å². The number of aryl methyl sites for hydroxylation is 3. The number of benzene rings is 1. The van der Waals surface area contributed by atoms with E-state index >= 15 is 0 Å². The second kappa shape index (κ2) is 8.75. The Labute approximate surface area is 175 Å². The maximum atomic E-state index is 13.0. The average molecular weight is 413 g/mol. The first-order chi connectivity index (χ1) is 14.3.